The molecule has 0 amide bonds. The molecule has 0 unspecified atom stereocenters. The first-order chi connectivity index (χ1) is 8.19. The molecule has 17 heavy (non-hydrogen) atoms. The van der Waals surface area contributed by atoms with Gasteiger partial charge >= 0.3 is 0 Å². The quantitative estimate of drug-likeness (QED) is 0.813. The van der Waals surface area contributed by atoms with E-state index in [0.29, 0.717) is 12.4 Å². The van der Waals surface area contributed by atoms with Crippen LogP contribution in [0.25, 0.3) is 0 Å². The molecule has 0 aliphatic carbocycles. The monoisotopic (exact) mass is 234 g/mol. The molecule has 0 radical (unpaired) electrons. The summed E-state index contributed by atoms with van der Waals surface area (Å²) in [5.41, 5.74) is 1.88. The number of halogens is 1. The van der Waals surface area contributed by atoms with E-state index < -0.39 is 0 Å². The minimum atomic E-state index is -0.238. The van der Waals surface area contributed by atoms with Crippen molar-refractivity contribution in [3.05, 3.63) is 47.5 Å². The summed E-state index contributed by atoms with van der Waals surface area (Å²) < 4.78 is 20.4. The van der Waals surface area contributed by atoms with Crippen LogP contribution in [0.15, 0.2) is 30.6 Å². The van der Waals surface area contributed by atoms with Gasteiger partial charge in [-0.1, -0.05) is 6.07 Å². The molecule has 0 fully saturated rings. The Morgan fingerprint density at radius 2 is 2.24 bits per heavy atom. The van der Waals surface area contributed by atoms with Crippen LogP contribution < -0.4 is 4.74 Å². The predicted octanol–water partition coefficient (Wildman–Crippen LogP) is 2.93. The van der Waals surface area contributed by atoms with Crippen molar-refractivity contribution in [1.29, 1.82) is 0 Å². The Bertz CT molecular complexity index is 508. The fourth-order valence-corrected chi connectivity index (χ4v) is 1.55. The number of hydrogen-bond donors (Lipinski definition) is 0. The lowest BCUT2D eigenvalue weighted by Crippen LogP contribution is -1.98. The molecule has 0 aliphatic rings. The molecular formula is C13H15FN2O. The molecule has 3 nitrogen and oxygen atoms in total. The number of benzene rings is 1. The average molecular weight is 234 g/mol. The van der Waals surface area contributed by atoms with Gasteiger partial charge in [0.15, 0.2) is 5.75 Å². The Kier molecular flexibility index (Phi) is 3.42. The molecule has 4 heteroatoms. The van der Waals surface area contributed by atoms with Crippen molar-refractivity contribution in [2.45, 2.75) is 27.0 Å². The number of rotatable bonds is 4. The Morgan fingerprint density at radius 1 is 1.41 bits per heavy atom. The highest BCUT2D eigenvalue weighted by molar-refractivity contribution is 5.26. The van der Waals surface area contributed by atoms with E-state index in [4.69, 9.17) is 4.74 Å². The fraction of sp³-hybridized carbons (Fsp3) is 0.308. The highest BCUT2D eigenvalue weighted by Crippen LogP contribution is 2.15. The van der Waals surface area contributed by atoms with E-state index in [1.165, 1.54) is 12.1 Å². The average Bonchev–Trinajstić information content (AvgIpc) is 2.78. The van der Waals surface area contributed by atoms with Crippen LogP contribution in [0.1, 0.15) is 18.1 Å². The van der Waals surface area contributed by atoms with Gasteiger partial charge in [-0.3, -0.25) is 4.68 Å². The fourth-order valence-electron chi connectivity index (χ4n) is 1.55. The largest absolute Gasteiger partial charge is 0.486 e. The van der Waals surface area contributed by atoms with Gasteiger partial charge in [-0.05, 0) is 37.1 Å². The smallest absolute Gasteiger partial charge is 0.157 e. The molecule has 1 aromatic heterocycles. The van der Waals surface area contributed by atoms with Gasteiger partial charge in [0.2, 0.25) is 0 Å². The van der Waals surface area contributed by atoms with Crippen molar-refractivity contribution in [3.63, 3.8) is 0 Å². The van der Waals surface area contributed by atoms with Crippen LogP contribution in [0, 0.1) is 12.7 Å². The Morgan fingerprint density at radius 3 is 2.94 bits per heavy atom. The third-order valence-electron chi connectivity index (χ3n) is 2.64. The summed E-state index contributed by atoms with van der Waals surface area (Å²) in [6.07, 6.45) is 3.49. The molecule has 90 valence electrons. The van der Waals surface area contributed by atoms with Crippen molar-refractivity contribution >= 4 is 0 Å². The Balaban J connectivity index is 2.04. The van der Waals surface area contributed by atoms with Gasteiger partial charge in [0.05, 0.1) is 12.4 Å². The maximum Gasteiger partial charge on any atom is 0.157 e. The minimum absolute atomic E-state index is 0.238. The van der Waals surface area contributed by atoms with Gasteiger partial charge in [0, 0.05) is 6.54 Å². The minimum Gasteiger partial charge on any atom is -0.486 e. The SMILES string of the molecule is CCn1cc(OCc2cc(F)ccc2C)cn1. The molecule has 0 aliphatic heterocycles. The number of nitrogens with zero attached hydrogens (tertiary/aromatic N) is 2. The summed E-state index contributed by atoms with van der Waals surface area (Å²) in [7, 11) is 0. The highest BCUT2D eigenvalue weighted by atomic mass is 19.1. The zero-order chi connectivity index (χ0) is 12.3. The van der Waals surface area contributed by atoms with Crippen molar-refractivity contribution in [1.82, 2.24) is 9.78 Å². The summed E-state index contributed by atoms with van der Waals surface area (Å²) >= 11 is 0. The van der Waals surface area contributed by atoms with Crippen LogP contribution in [0.3, 0.4) is 0 Å². The lowest BCUT2D eigenvalue weighted by molar-refractivity contribution is 0.304. The molecule has 1 aromatic carbocycles. The lowest BCUT2D eigenvalue weighted by Gasteiger charge is -2.06. The van der Waals surface area contributed by atoms with Crippen LogP contribution in [0.5, 0.6) is 5.75 Å². The van der Waals surface area contributed by atoms with Crippen LogP contribution in [0.4, 0.5) is 4.39 Å². The number of hydrogen-bond acceptors (Lipinski definition) is 2. The van der Waals surface area contributed by atoms with Gasteiger partial charge in [-0.25, -0.2) is 4.39 Å². The van der Waals surface area contributed by atoms with Gasteiger partial charge in [-0.2, -0.15) is 5.10 Å². The summed E-state index contributed by atoms with van der Waals surface area (Å²) in [5, 5.41) is 4.10. The number of ether oxygens (including phenoxy) is 1. The first kappa shape index (κ1) is 11.6. The maximum atomic E-state index is 13.1. The Hall–Kier alpha value is -1.84. The normalized spacial score (nSPS) is 10.5. The molecule has 1 heterocycles. The maximum absolute atomic E-state index is 13.1. The second-order valence-corrected chi connectivity index (χ2v) is 3.89. The highest BCUT2D eigenvalue weighted by Gasteiger charge is 2.03. The van der Waals surface area contributed by atoms with E-state index in [1.54, 1.807) is 16.9 Å². The standard InChI is InChI=1S/C13H15FN2O/c1-3-16-8-13(7-15-16)17-9-11-6-12(14)5-4-10(11)2/h4-8H,3,9H2,1-2H3. The van der Waals surface area contributed by atoms with Crippen molar-refractivity contribution < 1.29 is 9.13 Å². The topological polar surface area (TPSA) is 27.1 Å². The molecule has 0 atom stereocenters. The first-order valence-electron chi connectivity index (χ1n) is 5.59. The molecule has 0 spiro atoms. The third-order valence-corrected chi connectivity index (χ3v) is 2.64. The lowest BCUT2D eigenvalue weighted by atomic mass is 10.1. The predicted molar refractivity (Wildman–Crippen MR) is 63.4 cm³/mol. The van der Waals surface area contributed by atoms with Gasteiger partial charge in [0.25, 0.3) is 0 Å². The van der Waals surface area contributed by atoms with Crippen LogP contribution >= 0.6 is 0 Å². The van der Waals surface area contributed by atoms with E-state index in [0.717, 1.165) is 17.7 Å². The van der Waals surface area contributed by atoms with Crippen molar-refractivity contribution in [2.24, 2.45) is 0 Å². The summed E-state index contributed by atoms with van der Waals surface area (Å²) in [4.78, 5) is 0. The van der Waals surface area contributed by atoms with Gasteiger partial charge < -0.3 is 4.74 Å². The zero-order valence-electron chi connectivity index (χ0n) is 9.98. The van der Waals surface area contributed by atoms with E-state index in [9.17, 15) is 4.39 Å². The van der Waals surface area contributed by atoms with E-state index in [2.05, 4.69) is 5.10 Å². The summed E-state index contributed by atoms with van der Waals surface area (Å²) in [6.45, 7) is 5.11. The zero-order valence-corrected chi connectivity index (χ0v) is 9.98. The van der Waals surface area contributed by atoms with Gasteiger partial charge in [0.1, 0.15) is 12.4 Å². The van der Waals surface area contributed by atoms with Crippen LogP contribution in [0.2, 0.25) is 0 Å². The van der Waals surface area contributed by atoms with E-state index in [1.807, 2.05) is 20.0 Å². The molecule has 0 saturated heterocycles. The molecule has 2 rings (SSSR count). The van der Waals surface area contributed by atoms with E-state index >= 15 is 0 Å². The van der Waals surface area contributed by atoms with Crippen LogP contribution in [-0.4, -0.2) is 9.78 Å². The second-order valence-electron chi connectivity index (χ2n) is 3.89. The number of aryl methyl sites for hydroxylation is 2. The van der Waals surface area contributed by atoms with E-state index in [-0.39, 0.29) is 5.82 Å². The molecular weight excluding hydrogens is 219 g/mol. The first-order valence-corrected chi connectivity index (χ1v) is 5.59. The van der Waals surface area contributed by atoms with Gasteiger partial charge in [-0.15, -0.1) is 0 Å². The second kappa shape index (κ2) is 4.99. The van der Waals surface area contributed by atoms with Crippen LogP contribution in [-0.2, 0) is 13.2 Å². The number of aromatic nitrogens is 2. The molecule has 0 N–H and O–H groups in total. The summed E-state index contributed by atoms with van der Waals surface area (Å²) in [5.74, 6) is 0.467. The Labute approximate surface area is 99.8 Å². The molecule has 0 bridgehead atoms. The molecule has 2 aromatic rings. The third kappa shape index (κ3) is 2.84. The van der Waals surface area contributed by atoms with Crippen molar-refractivity contribution in [3.8, 4) is 5.75 Å². The van der Waals surface area contributed by atoms with Crippen molar-refractivity contribution in [2.75, 3.05) is 0 Å². The summed E-state index contributed by atoms with van der Waals surface area (Å²) in [6, 6.07) is 4.71. The molecule has 0 saturated carbocycles.